The van der Waals surface area contributed by atoms with Crippen LogP contribution in [0.5, 0.6) is 0 Å². The Balaban J connectivity index is -0.000000156. The van der Waals surface area contributed by atoms with Gasteiger partial charge in [-0.15, -0.1) is 0 Å². The minimum atomic E-state index is 0.639. The number of carbonyl (C=O) groups excluding carboxylic acids is 1. The van der Waals surface area contributed by atoms with Crippen LogP contribution in [0.3, 0.4) is 0 Å². The summed E-state index contributed by atoms with van der Waals surface area (Å²) in [6.45, 7) is 12.5. The summed E-state index contributed by atoms with van der Waals surface area (Å²) in [7, 11) is 2.19. The van der Waals surface area contributed by atoms with E-state index in [2.05, 4.69) is 11.9 Å². The lowest BCUT2D eigenvalue weighted by molar-refractivity contribution is -0.107. The van der Waals surface area contributed by atoms with Crippen LogP contribution in [0.4, 0.5) is 0 Å². The first-order valence-electron chi connectivity index (χ1n) is 6.43. The van der Waals surface area contributed by atoms with E-state index >= 15 is 0 Å². The van der Waals surface area contributed by atoms with E-state index in [1.807, 2.05) is 34.6 Å². The third-order valence-corrected chi connectivity index (χ3v) is 1.75. The molecule has 1 fully saturated rings. The smallest absolute Gasteiger partial charge is 0.119 e. The van der Waals surface area contributed by atoms with Gasteiger partial charge < -0.3 is 9.69 Å². The second-order valence-corrected chi connectivity index (χ2v) is 2.94. The van der Waals surface area contributed by atoms with Crippen LogP contribution in [-0.2, 0) is 4.79 Å². The number of likely N-dealkylation sites (tertiary alicyclic amines) is 1. The first kappa shape index (κ1) is 20.1. The van der Waals surface area contributed by atoms with E-state index in [0.717, 1.165) is 6.29 Å². The molecule has 0 aromatic carbocycles. The van der Waals surface area contributed by atoms with Crippen LogP contribution in [0.25, 0.3) is 0 Å². The topological polar surface area (TPSA) is 20.3 Å². The summed E-state index contributed by atoms with van der Waals surface area (Å²) in [6.07, 6.45) is 5.79. The van der Waals surface area contributed by atoms with Crippen LogP contribution in [0, 0.1) is 0 Å². The van der Waals surface area contributed by atoms with Gasteiger partial charge in [0.15, 0.2) is 0 Å². The van der Waals surface area contributed by atoms with E-state index in [9.17, 15) is 4.79 Å². The molecule has 1 rings (SSSR count). The second kappa shape index (κ2) is 23.4. The van der Waals surface area contributed by atoms with Crippen molar-refractivity contribution in [2.45, 2.75) is 60.3 Å². The fourth-order valence-corrected chi connectivity index (χ4v) is 1.05. The maximum absolute atomic E-state index is 9.17. The minimum absolute atomic E-state index is 0.639. The number of piperidine rings is 1. The first-order valence-corrected chi connectivity index (χ1v) is 6.43. The average Bonchev–Trinajstić information content (AvgIpc) is 2.35. The molecule has 0 radical (unpaired) electrons. The lowest BCUT2D eigenvalue weighted by atomic mass is 10.1. The molecule has 15 heavy (non-hydrogen) atoms. The predicted octanol–water partition coefficient (Wildman–Crippen LogP) is 3.75. The zero-order valence-electron chi connectivity index (χ0n) is 11.7. The Labute approximate surface area is 97.1 Å². The molecule has 1 heterocycles. The summed E-state index contributed by atoms with van der Waals surface area (Å²) in [6, 6.07) is 0. The number of hydrogen-bond acceptors (Lipinski definition) is 2. The monoisotopic (exact) mass is 217 g/mol. The number of carbonyl (C=O) groups is 1. The van der Waals surface area contributed by atoms with Crippen LogP contribution >= 0.6 is 0 Å². The molecular weight excluding hydrogens is 186 g/mol. The maximum atomic E-state index is 9.17. The van der Waals surface area contributed by atoms with Gasteiger partial charge in [-0.1, -0.05) is 41.0 Å². The molecule has 0 spiro atoms. The molecule has 0 atom stereocenters. The predicted molar refractivity (Wildman–Crippen MR) is 70.4 cm³/mol. The Bertz CT molecular complexity index is 88.5. The molecule has 0 aromatic heterocycles. The van der Waals surface area contributed by atoms with Gasteiger partial charge in [-0.3, -0.25) is 0 Å². The number of rotatable bonds is 1. The summed E-state index contributed by atoms with van der Waals surface area (Å²) in [5, 5.41) is 0. The third kappa shape index (κ3) is 24.8. The van der Waals surface area contributed by atoms with Gasteiger partial charge in [0.05, 0.1) is 0 Å². The number of aldehydes is 1. The van der Waals surface area contributed by atoms with Crippen molar-refractivity contribution in [1.29, 1.82) is 0 Å². The highest BCUT2D eigenvalue weighted by atomic mass is 16.1. The van der Waals surface area contributed by atoms with Gasteiger partial charge in [-0.05, 0) is 33.0 Å². The van der Waals surface area contributed by atoms with Gasteiger partial charge in [0.25, 0.3) is 0 Å². The van der Waals surface area contributed by atoms with Crippen molar-refractivity contribution in [2.24, 2.45) is 0 Å². The van der Waals surface area contributed by atoms with Gasteiger partial charge >= 0.3 is 0 Å². The van der Waals surface area contributed by atoms with E-state index in [-0.39, 0.29) is 0 Å². The molecule has 0 unspecified atom stereocenters. The van der Waals surface area contributed by atoms with Crippen molar-refractivity contribution in [3.8, 4) is 0 Å². The second-order valence-electron chi connectivity index (χ2n) is 2.94. The highest BCUT2D eigenvalue weighted by molar-refractivity contribution is 5.48. The molecule has 0 aliphatic carbocycles. The molecule has 1 aliphatic rings. The molecule has 0 saturated carbocycles. The molecule has 2 heteroatoms. The summed E-state index contributed by atoms with van der Waals surface area (Å²) in [5.41, 5.74) is 0. The normalized spacial score (nSPS) is 14.3. The minimum Gasteiger partial charge on any atom is -0.306 e. The van der Waals surface area contributed by atoms with Crippen molar-refractivity contribution in [1.82, 2.24) is 4.90 Å². The standard InChI is InChI=1S/C6H13N.C3H6O.2C2H6/c1-7-5-3-2-4-6-7;1-2-3-4;2*1-2/h2-6H2,1H3;3H,2H2,1H3;2*1-2H3. The van der Waals surface area contributed by atoms with Crippen LogP contribution in [0.15, 0.2) is 0 Å². The summed E-state index contributed by atoms with van der Waals surface area (Å²) < 4.78 is 0. The molecule has 1 aliphatic heterocycles. The molecule has 0 bridgehead atoms. The molecule has 2 nitrogen and oxygen atoms in total. The van der Waals surface area contributed by atoms with Crippen LogP contribution in [-0.4, -0.2) is 31.3 Å². The quantitative estimate of drug-likeness (QED) is 0.623. The zero-order valence-corrected chi connectivity index (χ0v) is 11.7. The molecule has 0 aromatic rings. The number of hydrogen-bond donors (Lipinski definition) is 0. The number of nitrogens with zero attached hydrogens (tertiary/aromatic N) is 1. The summed E-state index contributed by atoms with van der Waals surface area (Å²) >= 11 is 0. The van der Waals surface area contributed by atoms with Gasteiger partial charge in [0, 0.05) is 6.42 Å². The molecule has 0 N–H and O–H groups in total. The van der Waals surface area contributed by atoms with Crippen molar-refractivity contribution in [3.05, 3.63) is 0 Å². The third-order valence-electron chi connectivity index (χ3n) is 1.75. The van der Waals surface area contributed by atoms with Crippen molar-refractivity contribution in [3.63, 3.8) is 0 Å². The Morgan fingerprint density at radius 3 is 1.47 bits per heavy atom. The van der Waals surface area contributed by atoms with Crippen molar-refractivity contribution in [2.75, 3.05) is 20.1 Å². The van der Waals surface area contributed by atoms with Crippen LogP contribution in [0.2, 0.25) is 0 Å². The Morgan fingerprint density at radius 1 is 1.00 bits per heavy atom. The SMILES string of the molecule is CC.CC.CCC=O.CN1CCCCC1. The van der Waals surface area contributed by atoms with E-state index in [1.54, 1.807) is 0 Å². The van der Waals surface area contributed by atoms with Gasteiger partial charge in [0.1, 0.15) is 6.29 Å². The first-order chi connectivity index (χ1) is 7.31. The fourth-order valence-electron chi connectivity index (χ4n) is 1.05. The largest absolute Gasteiger partial charge is 0.306 e. The highest BCUT2D eigenvalue weighted by Crippen LogP contribution is 2.04. The van der Waals surface area contributed by atoms with Crippen LogP contribution in [0.1, 0.15) is 60.3 Å². The molecule has 0 amide bonds. The Hall–Kier alpha value is -0.370. The fraction of sp³-hybridized carbons (Fsp3) is 0.923. The van der Waals surface area contributed by atoms with E-state index in [4.69, 9.17) is 0 Å². The molecule has 1 saturated heterocycles. The van der Waals surface area contributed by atoms with Gasteiger partial charge in [0.2, 0.25) is 0 Å². The van der Waals surface area contributed by atoms with E-state index in [0.29, 0.717) is 6.42 Å². The van der Waals surface area contributed by atoms with Crippen molar-refractivity contribution < 1.29 is 4.79 Å². The maximum Gasteiger partial charge on any atom is 0.119 e. The zero-order chi connectivity index (χ0) is 12.5. The summed E-state index contributed by atoms with van der Waals surface area (Å²) in [5.74, 6) is 0. The molecule has 94 valence electrons. The van der Waals surface area contributed by atoms with E-state index in [1.165, 1.54) is 32.4 Å². The highest BCUT2D eigenvalue weighted by Gasteiger charge is 2.02. The lowest BCUT2D eigenvalue weighted by Crippen LogP contribution is -2.24. The Morgan fingerprint density at radius 2 is 1.33 bits per heavy atom. The van der Waals surface area contributed by atoms with E-state index < -0.39 is 0 Å². The molecular formula is C13H31NO. The van der Waals surface area contributed by atoms with Crippen LogP contribution < -0.4 is 0 Å². The average molecular weight is 217 g/mol. The van der Waals surface area contributed by atoms with Crippen molar-refractivity contribution >= 4 is 6.29 Å². The lowest BCUT2D eigenvalue weighted by Gasteiger charge is -2.20. The van der Waals surface area contributed by atoms with Gasteiger partial charge in [-0.25, -0.2) is 0 Å². The van der Waals surface area contributed by atoms with Gasteiger partial charge in [-0.2, -0.15) is 0 Å². The Kier molecular flexibility index (Phi) is 31.4. The summed E-state index contributed by atoms with van der Waals surface area (Å²) in [4.78, 5) is 11.6.